The SMILES string of the molecule is Cn1cnc(=N)c2ncn([C@H]3C[C@H](O)[C@@H](CO)O3)c21. The summed E-state index contributed by atoms with van der Waals surface area (Å²) in [7, 11) is 1.81. The Kier molecular flexibility index (Phi) is 2.85. The molecule has 0 aromatic carbocycles. The van der Waals surface area contributed by atoms with E-state index < -0.39 is 18.4 Å². The number of aliphatic hydroxyl groups excluding tert-OH is 2. The minimum atomic E-state index is -0.699. The molecule has 1 fully saturated rings. The van der Waals surface area contributed by atoms with Crippen LogP contribution >= 0.6 is 0 Å². The van der Waals surface area contributed by atoms with Crippen LogP contribution in [0.3, 0.4) is 0 Å². The number of imidazole rings is 1. The van der Waals surface area contributed by atoms with E-state index in [9.17, 15) is 5.11 Å². The molecule has 3 heterocycles. The zero-order valence-corrected chi connectivity index (χ0v) is 10.4. The molecule has 3 N–H and O–H groups in total. The Morgan fingerprint density at radius 2 is 2.26 bits per heavy atom. The van der Waals surface area contributed by atoms with Crippen LogP contribution in [0.2, 0.25) is 0 Å². The van der Waals surface area contributed by atoms with Crippen LogP contribution in [-0.4, -0.2) is 48.1 Å². The molecular formula is C11H15N5O3. The summed E-state index contributed by atoms with van der Waals surface area (Å²) in [6, 6.07) is 0. The van der Waals surface area contributed by atoms with Gasteiger partial charge in [-0.3, -0.25) is 9.98 Å². The summed E-state index contributed by atoms with van der Waals surface area (Å²) in [5.74, 6) is 0. The van der Waals surface area contributed by atoms with Crippen LogP contribution in [-0.2, 0) is 11.8 Å². The standard InChI is InChI=1S/C11H15N5O3/c1-15-4-14-10(12)9-11(15)16(5-13-9)8-2-6(18)7(3-17)19-8/h4-8,12,17-18H,2-3H2,1H3/t6-,7+,8+/m0/s1. The van der Waals surface area contributed by atoms with Crippen LogP contribution in [0.1, 0.15) is 12.6 Å². The minimum absolute atomic E-state index is 0.101. The van der Waals surface area contributed by atoms with E-state index in [0.717, 1.165) is 0 Å². The predicted octanol–water partition coefficient (Wildman–Crippen LogP) is -1.11. The zero-order valence-electron chi connectivity index (χ0n) is 10.4. The van der Waals surface area contributed by atoms with Crippen molar-refractivity contribution in [1.29, 1.82) is 5.41 Å². The Hall–Kier alpha value is -1.77. The summed E-state index contributed by atoms with van der Waals surface area (Å²) in [4.78, 5) is 8.08. The first kappa shape index (κ1) is 12.3. The molecule has 8 heteroatoms. The Bertz CT molecular complexity index is 664. The van der Waals surface area contributed by atoms with Gasteiger partial charge in [0.1, 0.15) is 23.5 Å². The number of rotatable bonds is 2. The van der Waals surface area contributed by atoms with Gasteiger partial charge in [-0.25, -0.2) is 9.97 Å². The molecule has 0 aliphatic carbocycles. The number of ether oxygens (including phenoxy) is 1. The van der Waals surface area contributed by atoms with Crippen LogP contribution in [0.5, 0.6) is 0 Å². The van der Waals surface area contributed by atoms with E-state index in [1.54, 1.807) is 15.5 Å². The number of aryl methyl sites for hydroxylation is 1. The largest absolute Gasteiger partial charge is 0.394 e. The molecule has 1 aliphatic heterocycles. The average molecular weight is 265 g/mol. The molecule has 3 rings (SSSR count). The lowest BCUT2D eigenvalue weighted by atomic mass is 10.2. The molecule has 1 saturated heterocycles. The Balaban J connectivity index is 2.07. The lowest BCUT2D eigenvalue weighted by molar-refractivity contribution is -0.0433. The fraction of sp³-hybridized carbons (Fsp3) is 0.545. The Labute approximate surface area is 108 Å². The van der Waals surface area contributed by atoms with E-state index in [1.165, 1.54) is 6.33 Å². The molecule has 8 nitrogen and oxygen atoms in total. The van der Waals surface area contributed by atoms with Gasteiger partial charge in [0.15, 0.2) is 5.49 Å². The number of hydrogen-bond acceptors (Lipinski definition) is 6. The van der Waals surface area contributed by atoms with E-state index in [1.807, 2.05) is 7.05 Å². The quantitative estimate of drug-likeness (QED) is 0.638. The van der Waals surface area contributed by atoms with Crippen molar-refractivity contribution in [3.63, 3.8) is 0 Å². The molecular weight excluding hydrogens is 250 g/mol. The molecule has 0 amide bonds. The Morgan fingerprint density at radius 1 is 1.47 bits per heavy atom. The lowest BCUT2D eigenvalue weighted by Crippen LogP contribution is -2.24. The summed E-state index contributed by atoms with van der Waals surface area (Å²) in [5.41, 5.74) is 1.29. The van der Waals surface area contributed by atoms with E-state index in [4.69, 9.17) is 15.3 Å². The highest BCUT2D eigenvalue weighted by molar-refractivity contribution is 5.69. The highest BCUT2D eigenvalue weighted by Crippen LogP contribution is 2.30. The molecule has 19 heavy (non-hydrogen) atoms. The molecule has 102 valence electrons. The predicted molar refractivity (Wildman–Crippen MR) is 64.0 cm³/mol. The van der Waals surface area contributed by atoms with Gasteiger partial charge in [0, 0.05) is 13.5 Å². The van der Waals surface area contributed by atoms with Gasteiger partial charge in [-0.05, 0) is 0 Å². The molecule has 0 radical (unpaired) electrons. The molecule has 2 aromatic rings. The second-order valence-corrected chi connectivity index (χ2v) is 4.64. The van der Waals surface area contributed by atoms with Crippen molar-refractivity contribution in [2.24, 2.45) is 7.05 Å². The number of hydrogen-bond donors (Lipinski definition) is 3. The summed E-state index contributed by atoms with van der Waals surface area (Å²) in [6.07, 6.45) is 1.82. The van der Waals surface area contributed by atoms with Gasteiger partial charge in [-0.15, -0.1) is 0 Å². The van der Waals surface area contributed by atoms with Crippen molar-refractivity contribution < 1.29 is 14.9 Å². The molecule has 0 unspecified atom stereocenters. The van der Waals surface area contributed by atoms with Gasteiger partial charge in [0.2, 0.25) is 0 Å². The van der Waals surface area contributed by atoms with Crippen molar-refractivity contribution in [2.75, 3.05) is 6.61 Å². The first-order valence-corrected chi connectivity index (χ1v) is 5.99. The highest BCUT2D eigenvalue weighted by Gasteiger charge is 2.35. The zero-order chi connectivity index (χ0) is 13.6. The molecule has 2 aromatic heterocycles. The summed E-state index contributed by atoms with van der Waals surface area (Å²) < 4.78 is 9.11. The number of aromatic nitrogens is 4. The Morgan fingerprint density at radius 3 is 2.95 bits per heavy atom. The van der Waals surface area contributed by atoms with E-state index >= 15 is 0 Å². The van der Waals surface area contributed by atoms with Crippen LogP contribution < -0.4 is 5.49 Å². The number of aliphatic hydroxyl groups is 2. The van der Waals surface area contributed by atoms with Gasteiger partial charge in [-0.1, -0.05) is 0 Å². The van der Waals surface area contributed by atoms with Crippen LogP contribution in [0, 0.1) is 5.41 Å². The lowest BCUT2D eigenvalue weighted by Gasteiger charge is -2.15. The maximum Gasteiger partial charge on any atom is 0.176 e. The van der Waals surface area contributed by atoms with Gasteiger partial charge >= 0.3 is 0 Å². The van der Waals surface area contributed by atoms with E-state index in [-0.39, 0.29) is 12.1 Å². The molecule has 0 spiro atoms. The highest BCUT2D eigenvalue weighted by atomic mass is 16.5. The fourth-order valence-electron chi connectivity index (χ4n) is 2.39. The second-order valence-electron chi connectivity index (χ2n) is 4.64. The van der Waals surface area contributed by atoms with Crippen LogP contribution in [0.25, 0.3) is 11.2 Å². The van der Waals surface area contributed by atoms with E-state index in [2.05, 4.69) is 9.97 Å². The molecule has 0 bridgehead atoms. The first-order chi connectivity index (χ1) is 9.11. The van der Waals surface area contributed by atoms with Gasteiger partial charge in [0.05, 0.1) is 25.4 Å². The van der Waals surface area contributed by atoms with E-state index in [0.29, 0.717) is 17.6 Å². The second kappa shape index (κ2) is 4.41. The van der Waals surface area contributed by atoms with Gasteiger partial charge < -0.3 is 19.5 Å². The molecule has 0 saturated carbocycles. The van der Waals surface area contributed by atoms with Gasteiger partial charge in [-0.2, -0.15) is 0 Å². The smallest absolute Gasteiger partial charge is 0.176 e. The maximum absolute atomic E-state index is 9.78. The fourth-order valence-corrected chi connectivity index (χ4v) is 2.39. The molecule has 3 atom stereocenters. The number of nitrogens with zero attached hydrogens (tertiary/aromatic N) is 4. The summed E-state index contributed by atoms with van der Waals surface area (Å²) in [6.45, 7) is -0.221. The third-order valence-electron chi connectivity index (χ3n) is 3.38. The molecule has 1 aliphatic rings. The normalized spacial score (nSPS) is 27.2. The summed E-state index contributed by atoms with van der Waals surface area (Å²) in [5, 5.41) is 26.6. The third kappa shape index (κ3) is 1.84. The topological polar surface area (TPSA) is 109 Å². The average Bonchev–Trinajstić information content (AvgIpc) is 2.97. The van der Waals surface area contributed by atoms with Crippen molar-refractivity contribution in [2.45, 2.75) is 24.9 Å². The minimum Gasteiger partial charge on any atom is -0.394 e. The van der Waals surface area contributed by atoms with Gasteiger partial charge in [0.25, 0.3) is 0 Å². The third-order valence-corrected chi connectivity index (χ3v) is 3.38. The summed E-state index contributed by atoms with van der Waals surface area (Å²) >= 11 is 0. The van der Waals surface area contributed by atoms with Crippen molar-refractivity contribution in [3.8, 4) is 0 Å². The van der Waals surface area contributed by atoms with Crippen LogP contribution in [0.4, 0.5) is 0 Å². The van der Waals surface area contributed by atoms with Crippen LogP contribution in [0.15, 0.2) is 12.7 Å². The monoisotopic (exact) mass is 265 g/mol. The number of fused-ring (bicyclic) bond motifs is 1. The van der Waals surface area contributed by atoms with Crippen molar-refractivity contribution >= 4 is 11.2 Å². The number of nitrogens with one attached hydrogen (secondary N) is 1. The first-order valence-electron chi connectivity index (χ1n) is 5.99. The van der Waals surface area contributed by atoms with Crippen molar-refractivity contribution in [1.82, 2.24) is 19.1 Å². The maximum atomic E-state index is 9.78. The van der Waals surface area contributed by atoms with Crippen molar-refractivity contribution in [3.05, 3.63) is 18.1 Å².